The van der Waals surface area contributed by atoms with Gasteiger partial charge in [0, 0.05) is 27.2 Å². The quantitative estimate of drug-likeness (QED) is 0.650. The third-order valence-corrected chi connectivity index (χ3v) is 3.98. The number of likely N-dealkylation sites (tertiary alicyclic amines) is 1. The second kappa shape index (κ2) is 9.00. The molecular formula is C15H28N2O4. The minimum Gasteiger partial charge on any atom is -0.465 e. The SMILES string of the molecule is CCOC(=O)[C@H](C)N1CCC[C@H](C(=O)N(C)CCOC)C1. The summed E-state index contributed by atoms with van der Waals surface area (Å²) in [5, 5.41) is 0. The number of hydrogen-bond donors (Lipinski definition) is 0. The van der Waals surface area contributed by atoms with Crippen LogP contribution in [0.5, 0.6) is 0 Å². The zero-order valence-electron chi connectivity index (χ0n) is 13.6. The molecule has 0 aromatic heterocycles. The van der Waals surface area contributed by atoms with Crippen LogP contribution >= 0.6 is 0 Å². The van der Waals surface area contributed by atoms with Crippen LogP contribution in [0.4, 0.5) is 0 Å². The van der Waals surface area contributed by atoms with Crippen LogP contribution in [0.2, 0.25) is 0 Å². The second-order valence-corrected chi connectivity index (χ2v) is 5.51. The molecule has 0 aliphatic carbocycles. The zero-order chi connectivity index (χ0) is 15.8. The summed E-state index contributed by atoms with van der Waals surface area (Å²) in [7, 11) is 3.43. The fraction of sp³-hybridized carbons (Fsp3) is 0.867. The number of amides is 1. The number of rotatable bonds is 7. The number of ether oxygens (including phenoxy) is 2. The predicted molar refractivity (Wildman–Crippen MR) is 79.9 cm³/mol. The molecule has 0 unspecified atom stereocenters. The number of methoxy groups -OCH3 is 1. The van der Waals surface area contributed by atoms with Crippen molar-refractivity contribution in [3.05, 3.63) is 0 Å². The van der Waals surface area contributed by atoms with Gasteiger partial charge in [0.2, 0.25) is 5.91 Å². The van der Waals surface area contributed by atoms with Gasteiger partial charge in [-0.3, -0.25) is 14.5 Å². The largest absolute Gasteiger partial charge is 0.465 e. The number of likely N-dealkylation sites (N-methyl/N-ethyl adjacent to an activating group) is 1. The van der Waals surface area contributed by atoms with E-state index < -0.39 is 0 Å². The molecule has 0 aromatic rings. The summed E-state index contributed by atoms with van der Waals surface area (Å²) in [6.45, 7) is 6.63. The van der Waals surface area contributed by atoms with Crippen LogP contribution < -0.4 is 0 Å². The van der Waals surface area contributed by atoms with Crippen molar-refractivity contribution in [1.29, 1.82) is 0 Å². The molecule has 122 valence electrons. The molecule has 21 heavy (non-hydrogen) atoms. The number of esters is 1. The number of piperidine rings is 1. The lowest BCUT2D eigenvalue weighted by Crippen LogP contribution is -2.49. The van der Waals surface area contributed by atoms with E-state index in [0.717, 1.165) is 19.4 Å². The monoisotopic (exact) mass is 300 g/mol. The van der Waals surface area contributed by atoms with Gasteiger partial charge in [-0.15, -0.1) is 0 Å². The zero-order valence-corrected chi connectivity index (χ0v) is 13.6. The first-order valence-corrected chi connectivity index (χ1v) is 7.65. The summed E-state index contributed by atoms with van der Waals surface area (Å²) in [6, 6.07) is -0.287. The first kappa shape index (κ1) is 17.9. The van der Waals surface area contributed by atoms with Crippen molar-refractivity contribution in [2.45, 2.75) is 32.7 Å². The highest BCUT2D eigenvalue weighted by molar-refractivity contribution is 5.79. The van der Waals surface area contributed by atoms with Crippen molar-refractivity contribution in [2.24, 2.45) is 5.92 Å². The molecule has 1 amide bonds. The Morgan fingerprint density at radius 1 is 1.43 bits per heavy atom. The lowest BCUT2D eigenvalue weighted by Gasteiger charge is -2.36. The maximum Gasteiger partial charge on any atom is 0.323 e. The molecule has 0 saturated carbocycles. The third-order valence-electron chi connectivity index (χ3n) is 3.98. The van der Waals surface area contributed by atoms with E-state index in [1.54, 1.807) is 26.0 Å². The van der Waals surface area contributed by atoms with E-state index in [-0.39, 0.29) is 23.8 Å². The Morgan fingerprint density at radius 2 is 2.14 bits per heavy atom. The fourth-order valence-corrected chi connectivity index (χ4v) is 2.62. The molecule has 0 radical (unpaired) electrons. The minimum atomic E-state index is -0.287. The summed E-state index contributed by atoms with van der Waals surface area (Å²) in [5.74, 6) is -0.122. The molecule has 1 aliphatic heterocycles. The first-order valence-electron chi connectivity index (χ1n) is 7.65. The van der Waals surface area contributed by atoms with Crippen LogP contribution in [0.15, 0.2) is 0 Å². The lowest BCUT2D eigenvalue weighted by molar-refractivity contribution is -0.151. The van der Waals surface area contributed by atoms with Crippen LogP contribution in [0.1, 0.15) is 26.7 Å². The van der Waals surface area contributed by atoms with Crippen LogP contribution in [0, 0.1) is 5.92 Å². The van der Waals surface area contributed by atoms with Crippen LogP contribution in [-0.2, 0) is 19.1 Å². The molecule has 0 bridgehead atoms. The number of carbonyl (C=O) groups is 2. The van der Waals surface area contributed by atoms with Crippen molar-refractivity contribution >= 4 is 11.9 Å². The van der Waals surface area contributed by atoms with Gasteiger partial charge in [0.15, 0.2) is 0 Å². The molecule has 6 nitrogen and oxygen atoms in total. The Morgan fingerprint density at radius 3 is 2.76 bits per heavy atom. The number of carbonyl (C=O) groups excluding carboxylic acids is 2. The lowest BCUT2D eigenvalue weighted by atomic mass is 9.95. The molecule has 0 N–H and O–H groups in total. The Kier molecular flexibility index (Phi) is 7.67. The topological polar surface area (TPSA) is 59.1 Å². The molecule has 0 aromatic carbocycles. The number of nitrogens with zero attached hydrogens (tertiary/aromatic N) is 2. The van der Waals surface area contributed by atoms with Gasteiger partial charge >= 0.3 is 5.97 Å². The molecule has 6 heteroatoms. The average molecular weight is 300 g/mol. The molecule has 2 atom stereocenters. The maximum absolute atomic E-state index is 12.4. The number of hydrogen-bond acceptors (Lipinski definition) is 5. The van der Waals surface area contributed by atoms with Crippen molar-refractivity contribution in [3.8, 4) is 0 Å². The summed E-state index contributed by atoms with van der Waals surface area (Å²) in [6.07, 6.45) is 1.81. The standard InChI is InChI=1S/C15H28N2O4/c1-5-21-15(19)12(2)17-8-6-7-13(11-17)14(18)16(3)9-10-20-4/h12-13H,5-11H2,1-4H3/t12-,13-/m0/s1. The van der Waals surface area contributed by atoms with Gasteiger partial charge in [-0.1, -0.05) is 0 Å². The molecular weight excluding hydrogens is 272 g/mol. The van der Waals surface area contributed by atoms with E-state index in [1.165, 1.54) is 0 Å². The van der Waals surface area contributed by atoms with Crippen molar-refractivity contribution in [3.63, 3.8) is 0 Å². The van der Waals surface area contributed by atoms with Crippen molar-refractivity contribution in [2.75, 3.05) is 47.0 Å². The summed E-state index contributed by atoms with van der Waals surface area (Å²) in [5.41, 5.74) is 0. The molecule has 1 saturated heterocycles. The molecule has 1 rings (SSSR count). The Balaban J connectivity index is 2.55. The predicted octanol–water partition coefficient (Wildman–Crippen LogP) is 0.755. The van der Waals surface area contributed by atoms with Gasteiger partial charge in [0.05, 0.1) is 19.1 Å². The Labute approximate surface area is 127 Å². The van der Waals surface area contributed by atoms with Gasteiger partial charge < -0.3 is 14.4 Å². The minimum absolute atomic E-state index is 0.0440. The highest BCUT2D eigenvalue weighted by Crippen LogP contribution is 2.20. The van der Waals surface area contributed by atoms with Crippen LogP contribution in [0.3, 0.4) is 0 Å². The van der Waals surface area contributed by atoms with E-state index in [4.69, 9.17) is 9.47 Å². The second-order valence-electron chi connectivity index (χ2n) is 5.51. The highest BCUT2D eigenvalue weighted by Gasteiger charge is 2.32. The molecule has 1 heterocycles. The average Bonchev–Trinajstić information content (AvgIpc) is 2.51. The van der Waals surface area contributed by atoms with Crippen LogP contribution in [0.25, 0.3) is 0 Å². The van der Waals surface area contributed by atoms with Gasteiger partial charge in [0.25, 0.3) is 0 Å². The molecule has 0 spiro atoms. The highest BCUT2D eigenvalue weighted by atomic mass is 16.5. The smallest absolute Gasteiger partial charge is 0.323 e. The van der Waals surface area contributed by atoms with Gasteiger partial charge in [0.1, 0.15) is 6.04 Å². The fourth-order valence-electron chi connectivity index (χ4n) is 2.62. The summed E-state index contributed by atoms with van der Waals surface area (Å²) < 4.78 is 10.1. The van der Waals surface area contributed by atoms with E-state index in [1.807, 2.05) is 11.8 Å². The van der Waals surface area contributed by atoms with Crippen molar-refractivity contribution in [1.82, 2.24) is 9.80 Å². The maximum atomic E-state index is 12.4. The van der Waals surface area contributed by atoms with Gasteiger partial charge in [-0.25, -0.2) is 0 Å². The Hall–Kier alpha value is -1.14. The van der Waals surface area contributed by atoms with E-state index >= 15 is 0 Å². The first-order chi connectivity index (χ1) is 10.0. The van der Waals surface area contributed by atoms with E-state index in [2.05, 4.69) is 0 Å². The van der Waals surface area contributed by atoms with Crippen molar-refractivity contribution < 1.29 is 19.1 Å². The van der Waals surface area contributed by atoms with Gasteiger partial charge in [-0.05, 0) is 33.2 Å². The van der Waals surface area contributed by atoms with Gasteiger partial charge in [-0.2, -0.15) is 0 Å². The molecule has 1 fully saturated rings. The summed E-state index contributed by atoms with van der Waals surface area (Å²) in [4.78, 5) is 28.0. The van der Waals surface area contributed by atoms with E-state index in [0.29, 0.717) is 26.3 Å². The Bertz CT molecular complexity index is 349. The molecule has 1 aliphatic rings. The summed E-state index contributed by atoms with van der Waals surface area (Å²) >= 11 is 0. The third kappa shape index (κ3) is 5.28. The normalized spacial score (nSPS) is 20.9. The van der Waals surface area contributed by atoms with E-state index in [9.17, 15) is 9.59 Å². The van der Waals surface area contributed by atoms with Crippen LogP contribution in [-0.4, -0.2) is 74.7 Å².